The molecule has 0 unspecified atom stereocenters. The van der Waals surface area contributed by atoms with E-state index in [1.807, 2.05) is 13.0 Å². The van der Waals surface area contributed by atoms with Gasteiger partial charge in [-0.05, 0) is 38.0 Å². The van der Waals surface area contributed by atoms with Crippen LogP contribution in [0.25, 0.3) is 0 Å². The van der Waals surface area contributed by atoms with Gasteiger partial charge in [-0.2, -0.15) is 0 Å². The minimum Gasteiger partial charge on any atom is -0.478 e. The molecule has 1 fully saturated rings. The van der Waals surface area contributed by atoms with Crippen molar-refractivity contribution < 1.29 is 9.90 Å². The van der Waals surface area contributed by atoms with Gasteiger partial charge in [0.05, 0.1) is 0 Å². The fraction of sp³-hybridized carbons (Fsp3) is 0.650. The number of carboxylic acid groups (broad SMARTS) is 1. The first-order chi connectivity index (χ1) is 10.7. The minimum atomic E-state index is -0.884. The summed E-state index contributed by atoms with van der Waals surface area (Å²) in [6, 6.07) is 0. The summed E-state index contributed by atoms with van der Waals surface area (Å²) in [5.74, 6) is 7.01. The fourth-order valence-corrected chi connectivity index (χ4v) is 3.42. The molecular formula is C20H30O2. The van der Waals surface area contributed by atoms with E-state index in [0.29, 0.717) is 0 Å². The molecule has 122 valence electrons. The average Bonchev–Trinajstić information content (AvgIpc) is 2.93. The lowest BCUT2D eigenvalue weighted by molar-refractivity contribution is -0.131. The molecule has 2 atom stereocenters. The molecule has 0 heterocycles. The summed E-state index contributed by atoms with van der Waals surface area (Å²) >= 11 is 0. The van der Waals surface area contributed by atoms with Crippen LogP contribution >= 0.6 is 0 Å². The van der Waals surface area contributed by atoms with Crippen LogP contribution in [-0.2, 0) is 4.79 Å². The second kappa shape index (κ2) is 12.1. The maximum Gasteiger partial charge on any atom is 0.328 e. The van der Waals surface area contributed by atoms with Crippen molar-refractivity contribution in [2.45, 2.75) is 71.1 Å². The maximum absolute atomic E-state index is 10.3. The molecule has 1 aliphatic carbocycles. The van der Waals surface area contributed by atoms with Crippen molar-refractivity contribution in [3.8, 4) is 11.8 Å². The highest BCUT2D eigenvalue weighted by Crippen LogP contribution is 2.38. The predicted octanol–water partition coefficient (Wildman–Crippen LogP) is 5.35. The smallest absolute Gasteiger partial charge is 0.328 e. The number of aliphatic carboxylic acids is 1. The Hall–Kier alpha value is -1.49. The van der Waals surface area contributed by atoms with Crippen molar-refractivity contribution in [3.05, 3.63) is 24.3 Å². The van der Waals surface area contributed by atoms with Crippen LogP contribution < -0.4 is 0 Å². The van der Waals surface area contributed by atoms with E-state index in [0.717, 1.165) is 24.7 Å². The number of allylic oxidation sites excluding steroid dienone is 3. The first-order valence-electron chi connectivity index (χ1n) is 8.69. The molecule has 0 aliphatic heterocycles. The van der Waals surface area contributed by atoms with Gasteiger partial charge in [-0.25, -0.2) is 4.79 Å². The second-order valence-corrected chi connectivity index (χ2v) is 6.18. The number of carbonyl (C=O) groups is 1. The van der Waals surface area contributed by atoms with E-state index in [1.165, 1.54) is 57.4 Å². The van der Waals surface area contributed by atoms with Crippen LogP contribution in [0, 0.1) is 23.7 Å². The fourth-order valence-electron chi connectivity index (χ4n) is 3.42. The second-order valence-electron chi connectivity index (χ2n) is 6.18. The van der Waals surface area contributed by atoms with Crippen molar-refractivity contribution in [3.63, 3.8) is 0 Å². The Bertz CT molecular complexity index is 423. The average molecular weight is 302 g/mol. The summed E-state index contributed by atoms with van der Waals surface area (Å²) in [6.45, 7) is 1.91. The summed E-state index contributed by atoms with van der Waals surface area (Å²) < 4.78 is 0. The van der Waals surface area contributed by atoms with Gasteiger partial charge in [0.25, 0.3) is 0 Å². The first-order valence-corrected chi connectivity index (χ1v) is 8.69. The van der Waals surface area contributed by atoms with Crippen LogP contribution in [-0.4, -0.2) is 11.1 Å². The summed E-state index contributed by atoms with van der Waals surface area (Å²) in [7, 11) is 0. The van der Waals surface area contributed by atoms with E-state index in [-0.39, 0.29) is 0 Å². The van der Waals surface area contributed by atoms with Crippen LogP contribution in [0.5, 0.6) is 0 Å². The van der Waals surface area contributed by atoms with Crippen molar-refractivity contribution in [2.75, 3.05) is 0 Å². The van der Waals surface area contributed by atoms with E-state index < -0.39 is 5.97 Å². The molecule has 0 aromatic heterocycles. The number of unbranched alkanes of at least 4 members (excludes halogenated alkanes) is 3. The van der Waals surface area contributed by atoms with Crippen molar-refractivity contribution in [2.24, 2.45) is 11.8 Å². The summed E-state index contributed by atoms with van der Waals surface area (Å²) in [6.07, 6.45) is 19.6. The topological polar surface area (TPSA) is 37.3 Å². The Kier molecular flexibility index (Phi) is 10.2. The quantitative estimate of drug-likeness (QED) is 0.255. The minimum absolute atomic E-state index is 0.878. The molecule has 22 heavy (non-hydrogen) atoms. The molecule has 1 N–H and O–H groups in total. The van der Waals surface area contributed by atoms with Gasteiger partial charge in [0.15, 0.2) is 0 Å². The maximum atomic E-state index is 10.3. The number of hydrogen-bond donors (Lipinski definition) is 1. The highest BCUT2D eigenvalue weighted by Gasteiger charge is 2.25. The van der Waals surface area contributed by atoms with E-state index in [4.69, 9.17) is 5.11 Å². The Morgan fingerprint density at radius 3 is 2.64 bits per heavy atom. The summed E-state index contributed by atoms with van der Waals surface area (Å²) in [5.41, 5.74) is 0. The zero-order valence-electron chi connectivity index (χ0n) is 13.9. The molecular weight excluding hydrogens is 272 g/mol. The van der Waals surface area contributed by atoms with Crippen LogP contribution in [0.3, 0.4) is 0 Å². The lowest BCUT2D eigenvalue weighted by Crippen LogP contribution is -2.07. The normalized spacial score (nSPS) is 21.3. The van der Waals surface area contributed by atoms with Crippen molar-refractivity contribution in [1.29, 1.82) is 0 Å². The molecule has 2 heteroatoms. The summed E-state index contributed by atoms with van der Waals surface area (Å²) in [5, 5.41) is 8.50. The Morgan fingerprint density at radius 1 is 1.14 bits per heavy atom. The van der Waals surface area contributed by atoms with Gasteiger partial charge in [-0.3, -0.25) is 0 Å². The van der Waals surface area contributed by atoms with Crippen molar-refractivity contribution in [1.82, 2.24) is 0 Å². The largest absolute Gasteiger partial charge is 0.478 e. The molecule has 1 aliphatic rings. The number of hydrogen-bond acceptors (Lipinski definition) is 1. The first kappa shape index (κ1) is 18.6. The van der Waals surface area contributed by atoms with Crippen LogP contribution in [0.4, 0.5) is 0 Å². The van der Waals surface area contributed by atoms with E-state index in [9.17, 15) is 4.79 Å². The monoisotopic (exact) mass is 302 g/mol. The van der Waals surface area contributed by atoms with E-state index in [1.54, 1.807) is 6.08 Å². The van der Waals surface area contributed by atoms with Gasteiger partial charge >= 0.3 is 5.97 Å². The molecule has 0 bridgehead atoms. The Balaban J connectivity index is 2.14. The van der Waals surface area contributed by atoms with E-state index >= 15 is 0 Å². The van der Waals surface area contributed by atoms with Gasteiger partial charge in [-0.1, -0.05) is 56.8 Å². The van der Waals surface area contributed by atoms with Gasteiger partial charge < -0.3 is 5.11 Å². The highest BCUT2D eigenvalue weighted by molar-refractivity contribution is 5.80. The Morgan fingerprint density at radius 2 is 1.91 bits per heavy atom. The van der Waals surface area contributed by atoms with Crippen molar-refractivity contribution >= 4 is 5.97 Å². The molecule has 0 spiro atoms. The predicted molar refractivity (Wildman–Crippen MR) is 92.5 cm³/mol. The third-order valence-corrected chi connectivity index (χ3v) is 4.56. The molecule has 0 aromatic rings. The van der Waals surface area contributed by atoms with Crippen LogP contribution in [0.1, 0.15) is 71.1 Å². The molecule has 0 saturated heterocycles. The lowest BCUT2D eigenvalue weighted by atomic mass is 9.87. The zero-order chi connectivity index (χ0) is 16.0. The molecule has 0 amide bonds. The molecule has 0 aromatic carbocycles. The van der Waals surface area contributed by atoms with Crippen LogP contribution in [0.2, 0.25) is 0 Å². The van der Waals surface area contributed by atoms with Gasteiger partial charge in [0, 0.05) is 12.5 Å². The summed E-state index contributed by atoms with van der Waals surface area (Å²) in [4.78, 5) is 10.3. The lowest BCUT2D eigenvalue weighted by Gasteiger charge is -2.18. The molecule has 1 saturated carbocycles. The number of carboxylic acids is 1. The standard InChI is InChI=1S/C20H30O2/c1-2-3-4-5-6-9-13-18-15-12-16-19(18)14-10-7-8-11-17-20(21)22/h7-8,11,17-19H,4-6,9-10,12-16H2,1H3,(H,21,22)/b8-7?,17-11+/t18-,19-/m0/s1. The van der Waals surface area contributed by atoms with E-state index in [2.05, 4.69) is 17.9 Å². The third-order valence-electron chi connectivity index (χ3n) is 4.56. The zero-order valence-corrected chi connectivity index (χ0v) is 13.9. The molecule has 2 nitrogen and oxygen atoms in total. The van der Waals surface area contributed by atoms with Gasteiger partial charge in [-0.15, -0.1) is 11.8 Å². The number of rotatable bonds is 10. The molecule has 0 radical (unpaired) electrons. The van der Waals surface area contributed by atoms with Gasteiger partial charge in [0.2, 0.25) is 0 Å². The molecule has 1 rings (SSSR count). The van der Waals surface area contributed by atoms with Crippen LogP contribution in [0.15, 0.2) is 24.3 Å². The SMILES string of the molecule is CC#CCCCCC[C@H]1CCC[C@@H]1CCC=C/C=C/C(=O)O. The van der Waals surface area contributed by atoms with Gasteiger partial charge in [0.1, 0.15) is 0 Å². The Labute approximate surface area is 135 Å². The highest BCUT2D eigenvalue weighted by atomic mass is 16.4. The third kappa shape index (κ3) is 8.72.